The second kappa shape index (κ2) is 12.2. The molecule has 1 atom stereocenters. The van der Waals surface area contributed by atoms with Crippen molar-refractivity contribution in [2.45, 2.75) is 103 Å². The van der Waals surface area contributed by atoms with Gasteiger partial charge >= 0.3 is 6.09 Å². The number of rotatable bonds is 11. The molecule has 0 N–H and O–H groups in total. The summed E-state index contributed by atoms with van der Waals surface area (Å²) in [7, 11) is 0. The fraction of sp³-hybridized carbons (Fsp3) is 0.667. The Morgan fingerprint density at radius 3 is 2.39 bits per heavy atom. The summed E-state index contributed by atoms with van der Waals surface area (Å²) in [5, 5.41) is 4.19. The lowest BCUT2D eigenvalue weighted by Crippen LogP contribution is -2.35. The van der Waals surface area contributed by atoms with Gasteiger partial charge in [0.2, 0.25) is 11.7 Å². The highest BCUT2D eigenvalue weighted by atomic mass is 16.6. The van der Waals surface area contributed by atoms with Crippen LogP contribution in [0.5, 0.6) is 0 Å². The van der Waals surface area contributed by atoms with E-state index in [-0.39, 0.29) is 12.0 Å². The predicted molar refractivity (Wildman–Crippen MR) is 131 cm³/mol. The molecule has 0 spiro atoms. The van der Waals surface area contributed by atoms with Crippen molar-refractivity contribution in [1.82, 2.24) is 15.0 Å². The third kappa shape index (κ3) is 8.17. The molecule has 6 nitrogen and oxygen atoms in total. The monoisotopic (exact) mass is 455 g/mol. The Balaban J connectivity index is 1.43. The Kier molecular flexibility index (Phi) is 9.33. The number of hydrogen-bond donors (Lipinski definition) is 0. The van der Waals surface area contributed by atoms with E-state index in [1.54, 1.807) is 4.90 Å². The molecule has 1 aromatic carbocycles. The van der Waals surface area contributed by atoms with Crippen molar-refractivity contribution in [3.8, 4) is 11.4 Å². The first kappa shape index (κ1) is 25.3. The molecular weight excluding hydrogens is 414 g/mol. The molecule has 1 aliphatic rings. The van der Waals surface area contributed by atoms with Gasteiger partial charge in [-0.3, -0.25) is 0 Å². The molecule has 1 aliphatic heterocycles. The normalized spacial score (nSPS) is 16.4. The van der Waals surface area contributed by atoms with Crippen LogP contribution in [0, 0.1) is 0 Å². The topological polar surface area (TPSA) is 68.5 Å². The van der Waals surface area contributed by atoms with Crippen molar-refractivity contribution in [3.63, 3.8) is 0 Å². The van der Waals surface area contributed by atoms with Gasteiger partial charge in [0.25, 0.3) is 0 Å². The van der Waals surface area contributed by atoms with E-state index in [1.807, 2.05) is 20.8 Å². The number of ether oxygens (including phenoxy) is 1. The van der Waals surface area contributed by atoms with E-state index >= 15 is 0 Å². The zero-order valence-corrected chi connectivity index (χ0v) is 20.9. The first-order valence-electron chi connectivity index (χ1n) is 12.8. The van der Waals surface area contributed by atoms with Crippen LogP contribution in [0.1, 0.15) is 103 Å². The third-order valence-corrected chi connectivity index (χ3v) is 6.16. The SMILES string of the molecule is CCCCCCCCCCc1ccc(-c2noc([C@H]3CCN(C(=O)OC(C)(C)C)C3)n2)cc1. The van der Waals surface area contributed by atoms with Gasteiger partial charge in [0.05, 0.1) is 5.92 Å². The van der Waals surface area contributed by atoms with Gasteiger partial charge in [-0.25, -0.2) is 4.79 Å². The van der Waals surface area contributed by atoms with Crippen LogP contribution in [-0.4, -0.2) is 39.8 Å². The average Bonchev–Trinajstić information content (AvgIpc) is 3.45. The van der Waals surface area contributed by atoms with Crippen LogP contribution < -0.4 is 0 Å². The van der Waals surface area contributed by atoms with Crippen molar-refractivity contribution in [3.05, 3.63) is 35.7 Å². The van der Waals surface area contributed by atoms with E-state index in [9.17, 15) is 4.79 Å². The minimum Gasteiger partial charge on any atom is -0.444 e. The molecule has 0 aliphatic carbocycles. The highest BCUT2D eigenvalue weighted by molar-refractivity contribution is 5.68. The predicted octanol–water partition coefficient (Wildman–Crippen LogP) is 7.14. The molecule has 3 rings (SSSR count). The van der Waals surface area contributed by atoms with E-state index in [1.165, 1.54) is 56.9 Å². The van der Waals surface area contributed by atoms with Crippen LogP contribution in [-0.2, 0) is 11.2 Å². The van der Waals surface area contributed by atoms with Gasteiger partial charge in [-0.1, -0.05) is 81.3 Å². The van der Waals surface area contributed by atoms with E-state index in [2.05, 4.69) is 41.3 Å². The molecule has 1 aromatic heterocycles. The first-order valence-corrected chi connectivity index (χ1v) is 12.8. The summed E-state index contributed by atoms with van der Waals surface area (Å²) in [6, 6.07) is 8.51. The smallest absolute Gasteiger partial charge is 0.410 e. The fourth-order valence-electron chi connectivity index (χ4n) is 4.26. The second-order valence-corrected chi connectivity index (χ2v) is 10.3. The maximum Gasteiger partial charge on any atom is 0.410 e. The van der Waals surface area contributed by atoms with Crippen LogP contribution in [0.4, 0.5) is 4.79 Å². The molecule has 2 aromatic rings. The van der Waals surface area contributed by atoms with Crippen molar-refractivity contribution in [1.29, 1.82) is 0 Å². The summed E-state index contributed by atoms with van der Waals surface area (Å²) < 4.78 is 11.0. The fourth-order valence-corrected chi connectivity index (χ4v) is 4.26. The Morgan fingerprint density at radius 1 is 1.06 bits per heavy atom. The summed E-state index contributed by atoms with van der Waals surface area (Å²) in [6.07, 6.45) is 12.4. The molecule has 33 heavy (non-hydrogen) atoms. The van der Waals surface area contributed by atoms with Crippen LogP contribution >= 0.6 is 0 Å². The minimum absolute atomic E-state index is 0.0556. The number of aromatic nitrogens is 2. The standard InChI is InChI=1S/C27H41N3O3/c1-5-6-7-8-9-10-11-12-13-21-14-16-22(17-15-21)24-28-25(33-29-24)23-18-19-30(20-23)26(31)32-27(2,3)4/h14-17,23H,5-13,18-20H2,1-4H3/t23-/m0/s1. The number of unbranched alkanes of at least 4 members (excludes halogenated alkanes) is 7. The lowest BCUT2D eigenvalue weighted by Gasteiger charge is -2.24. The zero-order valence-electron chi connectivity index (χ0n) is 20.9. The Hall–Kier alpha value is -2.37. The molecule has 0 radical (unpaired) electrons. The van der Waals surface area contributed by atoms with Crippen molar-refractivity contribution in [2.24, 2.45) is 0 Å². The van der Waals surface area contributed by atoms with Gasteiger partial charge < -0.3 is 14.2 Å². The van der Waals surface area contributed by atoms with Crippen LogP contribution in [0.25, 0.3) is 11.4 Å². The van der Waals surface area contributed by atoms with Crippen molar-refractivity contribution in [2.75, 3.05) is 13.1 Å². The number of hydrogen-bond acceptors (Lipinski definition) is 5. The lowest BCUT2D eigenvalue weighted by molar-refractivity contribution is 0.0291. The van der Waals surface area contributed by atoms with E-state index in [0.717, 1.165) is 18.4 Å². The van der Waals surface area contributed by atoms with Crippen LogP contribution in [0.3, 0.4) is 0 Å². The Bertz CT molecular complexity index is 854. The van der Waals surface area contributed by atoms with Crippen molar-refractivity contribution < 1.29 is 14.1 Å². The van der Waals surface area contributed by atoms with E-state index < -0.39 is 5.60 Å². The number of carbonyl (C=O) groups excluding carboxylic acids is 1. The first-order chi connectivity index (χ1) is 15.9. The third-order valence-electron chi connectivity index (χ3n) is 6.16. The van der Waals surface area contributed by atoms with Gasteiger partial charge in [0.15, 0.2) is 0 Å². The summed E-state index contributed by atoms with van der Waals surface area (Å²) >= 11 is 0. The molecule has 1 fully saturated rings. The van der Waals surface area contributed by atoms with Gasteiger partial charge in [-0.2, -0.15) is 4.98 Å². The maximum absolute atomic E-state index is 12.3. The number of carbonyl (C=O) groups is 1. The Labute approximate surface area is 199 Å². The van der Waals surface area contributed by atoms with Crippen LogP contribution in [0.15, 0.2) is 28.8 Å². The van der Waals surface area contributed by atoms with E-state index in [0.29, 0.717) is 24.8 Å². The highest BCUT2D eigenvalue weighted by Crippen LogP contribution is 2.29. The molecule has 2 heterocycles. The summed E-state index contributed by atoms with van der Waals surface area (Å²) in [5.41, 5.74) is 1.83. The minimum atomic E-state index is -0.493. The van der Waals surface area contributed by atoms with Gasteiger partial charge in [-0.05, 0) is 45.6 Å². The highest BCUT2D eigenvalue weighted by Gasteiger charge is 2.33. The molecule has 1 saturated heterocycles. The molecule has 182 valence electrons. The van der Waals surface area contributed by atoms with Gasteiger partial charge in [0, 0.05) is 18.7 Å². The van der Waals surface area contributed by atoms with Crippen molar-refractivity contribution >= 4 is 6.09 Å². The van der Waals surface area contributed by atoms with Gasteiger partial charge in [-0.15, -0.1) is 0 Å². The molecule has 1 amide bonds. The number of amides is 1. The molecule has 0 saturated carbocycles. The summed E-state index contributed by atoms with van der Waals surface area (Å²) in [5.74, 6) is 1.26. The number of nitrogens with zero attached hydrogens (tertiary/aromatic N) is 3. The summed E-state index contributed by atoms with van der Waals surface area (Å²) in [6.45, 7) is 9.09. The second-order valence-electron chi connectivity index (χ2n) is 10.3. The number of aryl methyl sites for hydroxylation is 1. The molecule has 6 heteroatoms. The number of likely N-dealkylation sites (tertiary alicyclic amines) is 1. The van der Waals surface area contributed by atoms with Crippen LogP contribution in [0.2, 0.25) is 0 Å². The lowest BCUT2D eigenvalue weighted by atomic mass is 10.0. The van der Waals surface area contributed by atoms with Gasteiger partial charge in [0.1, 0.15) is 5.60 Å². The Morgan fingerprint density at radius 2 is 1.73 bits per heavy atom. The summed E-state index contributed by atoms with van der Waals surface area (Å²) in [4.78, 5) is 18.6. The quantitative estimate of drug-likeness (QED) is 0.337. The zero-order chi connectivity index (χ0) is 23.7. The molecule has 0 unspecified atom stereocenters. The largest absolute Gasteiger partial charge is 0.444 e. The maximum atomic E-state index is 12.3. The average molecular weight is 456 g/mol. The number of benzene rings is 1. The van der Waals surface area contributed by atoms with E-state index in [4.69, 9.17) is 9.26 Å². The molecular formula is C27H41N3O3. The molecule has 0 bridgehead atoms.